The van der Waals surface area contributed by atoms with Gasteiger partial charge < -0.3 is 10.8 Å². The van der Waals surface area contributed by atoms with E-state index in [4.69, 9.17) is 5.73 Å². The predicted octanol–water partition coefficient (Wildman–Crippen LogP) is 2.01. The summed E-state index contributed by atoms with van der Waals surface area (Å²) < 4.78 is 27.3. The van der Waals surface area contributed by atoms with Crippen LogP contribution in [0, 0.1) is 10.1 Å². The second kappa shape index (κ2) is 7.36. The SMILES string of the molecule is CC1=C(C(=O)O)C(c2cccc([N+](=O)[O-])c2)N(S(=O)(=O)c2ccccc2)C(N)=N1. The van der Waals surface area contributed by atoms with Crippen LogP contribution in [0.2, 0.25) is 0 Å². The molecule has 29 heavy (non-hydrogen) atoms. The van der Waals surface area contributed by atoms with Gasteiger partial charge in [0, 0.05) is 12.1 Å². The van der Waals surface area contributed by atoms with Gasteiger partial charge in [0.05, 0.1) is 21.1 Å². The van der Waals surface area contributed by atoms with E-state index in [1.54, 1.807) is 6.07 Å². The number of benzene rings is 2. The van der Waals surface area contributed by atoms with Gasteiger partial charge in [-0.05, 0) is 24.6 Å². The van der Waals surface area contributed by atoms with Crippen molar-refractivity contribution in [1.29, 1.82) is 0 Å². The summed E-state index contributed by atoms with van der Waals surface area (Å²) in [7, 11) is -4.32. The Kier molecular flexibility index (Phi) is 5.08. The smallest absolute Gasteiger partial charge is 0.335 e. The standard InChI is InChI=1S/C18H16N4O6S/c1-11-15(17(23)24)16(12-6-5-7-13(10-12)22(25)26)21(18(19)20-11)29(27,28)14-8-3-2-4-9-14/h2-10,16H,1H3,(H2,19,20)(H,23,24). The Hall–Kier alpha value is -3.73. The van der Waals surface area contributed by atoms with E-state index >= 15 is 0 Å². The van der Waals surface area contributed by atoms with Crippen LogP contribution >= 0.6 is 0 Å². The lowest BCUT2D eigenvalue weighted by Crippen LogP contribution is -2.47. The highest BCUT2D eigenvalue weighted by atomic mass is 32.2. The molecule has 0 bridgehead atoms. The van der Waals surface area contributed by atoms with E-state index in [1.165, 1.54) is 49.4 Å². The van der Waals surface area contributed by atoms with Crippen molar-refractivity contribution in [2.75, 3.05) is 0 Å². The van der Waals surface area contributed by atoms with Gasteiger partial charge >= 0.3 is 5.97 Å². The number of guanidine groups is 1. The van der Waals surface area contributed by atoms with Gasteiger partial charge in [-0.15, -0.1) is 0 Å². The average Bonchev–Trinajstić information content (AvgIpc) is 2.67. The Morgan fingerprint density at radius 2 is 1.86 bits per heavy atom. The highest BCUT2D eigenvalue weighted by Gasteiger charge is 2.42. The molecular weight excluding hydrogens is 400 g/mol. The first kappa shape index (κ1) is 20.0. The highest BCUT2D eigenvalue weighted by Crippen LogP contribution is 2.39. The second-order valence-corrected chi connectivity index (χ2v) is 7.96. The number of nitro groups is 1. The maximum absolute atomic E-state index is 13.3. The predicted molar refractivity (Wildman–Crippen MR) is 103 cm³/mol. The van der Waals surface area contributed by atoms with Gasteiger partial charge in [-0.2, -0.15) is 0 Å². The number of nitrogens with two attached hydrogens (primary N) is 1. The number of carboxylic acids is 1. The normalized spacial score (nSPS) is 17.1. The maximum Gasteiger partial charge on any atom is 0.335 e. The van der Waals surface area contributed by atoms with E-state index in [-0.39, 0.29) is 27.4 Å². The second-order valence-electron chi connectivity index (χ2n) is 6.14. The number of rotatable bonds is 5. The highest BCUT2D eigenvalue weighted by molar-refractivity contribution is 7.89. The molecule has 1 atom stereocenters. The van der Waals surface area contributed by atoms with Gasteiger partial charge in [-0.1, -0.05) is 30.3 Å². The fourth-order valence-corrected chi connectivity index (χ4v) is 4.60. The minimum absolute atomic E-state index is 0.00557. The number of nitro benzene ring substituents is 1. The van der Waals surface area contributed by atoms with Crippen LogP contribution in [-0.2, 0) is 14.8 Å². The molecule has 150 valence electrons. The number of nitrogens with zero attached hydrogens (tertiary/aromatic N) is 3. The molecule has 3 rings (SSSR count). The van der Waals surface area contributed by atoms with E-state index in [2.05, 4.69) is 4.99 Å². The van der Waals surface area contributed by atoms with Gasteiger partial charge in [0.2, 0.25) is 5.96 Å². The van der Waals surface area contributed by atoms with Crippen LogP contribution < -0.4 is 5.73 Å². The van der Waals surface area contributed by atoms with Crippen LogP contribution in [0.25, 0.3) is 0 Å². The van der Waals surface area contributed by atoms with E-state index in [1.807, 2.05) is 0 Å². The molecule has 1 aliphatic heterocycles. The Balaban J connectivity index is 2.29. The van der Waals surface area contributed by atoms with Crippen molar-refractivity contribution < 1.29 is 23.2 Å². The minimum Gasteiger partial charge on any atom is -0.478 e. The van der Waals surface area contributed by atoms with Crippen LogP contribution in [0.3, 0.4) is 0 Å². The zero-order chi connectivity index (χ0) is 21.3. The number of hydrogen-bond donors (Lipinski definition) is 2. The van der Waals surface area contributed by atoms with Crippen LogP contribution in [0.15, 0.2) is 75.8 Å². The molecule has 2 aromatic carbocycles. The first-order chi connectivity index (χ1) is 13.6. The molecule has 1 unspecified atom stereocenters. The molecule has 10 nitrogen and oxygen atoms in total. The van der Waals surface area contributed by atoms with Crippen LogP contribution in [0.1, 0.15) is 18.5 Å². The zero-order valence-corrected chi connectivity index (χ0v) is 15.9. The van der Waals surface area contributed by atoms with E-state index in [9.17, 15) is 28.4 Å². The number of carboxylic acid groups (broad SMARTS) is 1. The summed E-state index contributed by atoms with van der Waals surface area (Å²) in [6.07, 6.45) is 0. The number of sulfonamides is 1. The fourth-order valence-electron chi connectivity index (χ4n) is 3.08. The van der Waals surface area contributed by atoms with Gasteiger partial charge in [-0.3, -0.25) is 10.1 Å². The van der Waals surface area contributed by atoms with E-state index in [0.717, 1.165) is 6.07 Å². The van der Waals surface area contributed by atoms with Crippen LogP contribution in [0.4, 0.5) is 5.69 Å². The first-order valence-corrected chi connectivity index (χ1v) is 9.70. The molecule has 1 heterocycles. The largest absolute Gasteiger partial charge is 0.478 e. The van der Waals surface area contributed by atoms with Crippen molar-refractivity contribution in [2.24, 2.45) is 10.7 Å². The number of allylic oxidation sites excluding steroid dienone is 1. The fraction of sp³-hybridized carbons (Fsp3) is 0.111. The van der Waals surface area contributed by atoms with Gasteiger partial charge in [0.25, 0.3) is 15.7 Å². The summed E-state index contributed by atoms with van der Waals surface area (Å²) in [6.45, 7) is 1.38. The van der Waals surface area contributed by atoms with Gasteiger partial charge in [0.15, 0.2) is 0 Å². The van der Waals surface area contributed by atoms with Crippen molar-refractivity contribution in [2.45, 2.75) is 17.9 Å². The Labute approximate surface area is 165 Å². The van der Waals surface area contributed by atoms with Gasteiger partial charge in [0.1, 0.15) is 6.04 Å². The summed E-state index contributed by atoms with van der Waals surface area (Å²) in [5.41, 5.74) is 5.33. The number of aliphatic carboxylic acids is 1. The van der Waals surface area contributed by atoms with Gasteiger partial charge in [-0.25, -0.2) is 22.5 Å². The Morgan fingerprint density at radius 1 is 1.21 bits per heavy atom. The molecular formula is C18H16N4O6S. The third-order valence-electron chi connectivity index (χ3n) is 4.33. The molecule has 2 aromatic rings. The number of non-ortho nitro benzene ring substituents is 1. The third-order valence-corrected chi connectivity index (χ3v) is 6.12. The lowest BCUT2D eigenvalue weighted by molar-refractivity contribution is -0.384. The summed E-state index contributed by atoms with van der Waals surface area (Å²) in [5, 5.41) is 20.9. The maximum atomic E-state index is 13.3. The molecule has 0 aromatic heterocycles. The van der Waals surface area contributed by atoms with Crippen molar-refractivity contribution in [3.63, 3.8) is 0 Å². The molecule has 11 heteroatoms. The molecule has 3 N–H and O–H groups in total. The summed E-state index contributed by atoms with van der Waals surface area (Å²) in [5.74, 6) is -1.85. The molecule has 0 radical (unpaired) electrons. The van der Waals surface area contributed by atoms with Crippen LogP contribution in [0.5, 0.6) is 0 Å². The van der Waals surface area contributed by atoms with Crippen molar-refractivity contribution in [1.82, 2.24) is 4.31 Å². The first-order valence-electron chi connectivity index (χ1n) is 8.26. The van der Waals surface area contributed by atoms with Crippen LogP contribution in [-0.4, -0.2) is 34.7 Å². The average molecular weight is 416 g/mol. The monoisotopic (exact) mass is 416 g/mol. The lowest BCUT2D eigenvalue weighted by atomic mass is 9.95. The zero-order valence-electron chi connectivity index (χ0n) is 15.1. The van der Waals surface area contributed by atoms with Crippen molar-refractivity contribution in [3.05, 3.63) is 81.5 Å². The summed E-state index contributed by atoms with van der Waals surface area (Å²) >= 11 is 0. The molecule has 0 amide bonds. The molecule has 1 aliphatic rings. The minimum atomic E-state index is -4.32. The summed E-state index contributed by atoms with van der Waals surface area (Å²) in [6, 6.07) is 10.9. The Morgan fingerprint density at radius 3 is 2.45 bits per heavy atom. The topological polar surface area (TPSA) is 156 Å². The third kappa shape index (κ3) is 3.55. The lowest BCUT2D eigenvalue weighted by Gasteiger charge is -2.35. The molecule has 0 saturated heterocycles. The Bertz CT molecular complexity index is 1160. The number of hydrogen-bond acceptors (Lipinski definition) is 7. The van der Waals surface area contributed by atoms with E-state index in [0.29, 0.717) is 4.31 Å². The molecule has 0 saturated carbocycles. The van der Waals surface area contributed by atoms with Crippen molar-refractivity contribution >= 4 is 27.6 Å². The number of carbonyl (C=O) groups is 1. The number of aliphatic imine (C=N–C) groups is 1. The van der Waals surface area contributed by atoms with E-state index < -0.39 is 32.9 Å². The van der Waals surface area contributed by atoms with Crippen molar-refractivity contribution in [3.8, 4) is 0 Å². The molecule has 0 fully saturated rings. The quantitative estimate of drug-likeness (QED) is 0.557. The molecule has 0 spiro atoms. The summed E-state index contributed by atoms with van der Waals surface area (Å²) in [4.78, 5) is 26.3. The molecule has 0 aliphatic carbocycles.